The predicted molar refractivity (Wildman–Crippen MR) is 110 cm³/mol. The number of para-hydroxylation sites is 1. The van der Waals surface area contributed by atoms with Crippen LogP contribution in [0.5, 0.6) is 5.75 Å². The average Bonchev–Trinajstić information content (AvgIpc) is 3.20. The quantitative estimate of drug-likeness (QED) is 0.560. The van der Waals surface area contributed by atoms with Crippen LogP contribution in [-0.2, 0) is 6.61 Å². The zero-order valence-electron chi connectivity index (χ0n) is 15.3. The van der Waals surface area contributed by atoms with Gasteiger partial charge in [0.1, 0.15) is 12.4 Å². The predicted octanol–water partition coefficient (Wildman–Crippen LogP) is 4.12. The highest BCUT2D eigenvalue weighted by Gasteiger charge is 2.13. The molecule has 144 valence electrons. The molecule has 0 fully saturated rings. The summed E-state index contributed by atoms with van der Waals surface area (Å²) in [5.74, 6) is 0.175. The number of hydrogen-bond acceptors (Lipinski definition) is 5. The number of benzene rings is 2. The highest BCUT2D eigenvalue weighted by atomic mass is 32.1. The van der Waals surface area contributed by atoms with Crippen LogP contribution in [0.25, 0.3) is 0 Å². The third kappa shape index (κ3) is 5.31. The van der Waals surface area contributed by atoms with Gasteiger partial charge in [0.25, 0.3) is 5.91 Å². The Morgan fingerprint density at radius 1 is 1.07 bits per heavy atom. The summed E-state index contributed by atoms with van der Waals surface area (Å²) in [6, 6.07) is 13.7. The topological polar surface area (TPSA) is 92.4 Å². The van der Waals surface area contributed by atoms with Crippen LogP contribution in [0.15, 0.2) is 59.4 Å². The molecule has 0 aliphatic heterocycles. The molecule has 8 heteroatoms. The summed E-state index contributed by atoms with van der Waals surface area (Å²) >= 11 is 1.49. The second-order valence-electron chi connectivity index (χ2n) is 5.78. The molecule has 7 nitrogen and oxygen atoms in total. The van der Waals surface area contributed by atoms with Crippen LogP contribution in [-0.4, -0.2) is 23.5 Å². The van der Waals surface area contributed by atoms with Gasteiger partial charge in [-0.2, -0.15) is 0 Å². The molecule has 0 aliphatic carbocycles. The minimum Gasteiger partial charge on any atom is -0.486 e. The minimum atomic E-state index is -0.302. The third-order valence-corrected chi connectivity index (χ3v) is 4.34. The average molecular weight is 396 g/mol. The molecule has 3 amide bonds. The van der Waals surface area contributed by atoms with Crippen LogP contribution in [0.1, 0.15) is 23.0 Å². The number of rotatable bonds is 7. The highest BCUT2D eigenvalue weighted by molar-refractivity contribution is 7.07. The number of nitrogens with one attached hydrogen (secondary N) is 3. The van der Waals surface area contributed by atoms with Crippen LogP contribution < -0.4 is 20.7 Å². The molecule has 1 heterocycles. The van der Waals surface area contributed by atoms with Gasteiger partial charge in [0.2, 0.25) is 0 Å². The van der Waals surface area contributed by atoms with E-state index in [1.54, 1.807) is 48.0 Å². The van der Waals surface area contributed by atoms with Crippen LogP contribution >= 0.6 is 11.3 Å². The largest absolute Gasteiger partial charge is 0.486 e. The van der Waals surface area contributed by atoms with Crippen molar-refractivity contribution >= 4 is 34.6 Å². The molecule has 3 N–H and O–H groups in total. The molecule has 0 radical (unpaired) electrons. The normalized spacial score (nSPS) is 10.2. The third-order valence-electron chi connectivity index (χ3n) is 3.71. The Hall–Kier alpha value is -3.39. The molecule has 0 atom stereocenters. The molecule has 0 unspecified atom stereocenters. The van der Waals surface area contributed by atoms with Gasteiger partial charge in [-0.3, -0.25) is 4.79 Å². The van der Waals surface area contributed by atoms with Gasteiger partial charge < -0.3 is 20.7 Å². The Bertz CT molecular complexity index is 944. The summed E-state index contributed by atoms with van der Waals surface area (Å²) in [6.45, 7) is 2.66. The summed E-state index contributed by atoms with van der Waals surface area (Å²) in [6.07, 6.45) is 0. The summed E-state index contributed by atoms with van der Waals surface area (Å²) in [4.78, 5) is 28.6. The molecule has 0 saturated carbocycles. The first-order chi connectivity index (χ1) is 13.7. The van der Waals surface area contributed by atoms with Crippen molar-refractivity contribution in [3.8, 4) is 5.75 Å². The van der Waals surface area contributed by atoms with E-state index in [0.717, 1.165) is 5.69 Å². The van der Waals surface area contributed by atoms with Crippen molar-refractivity contribution in [3.05, 3.63) is 70.7 Å². The number of ether oxygens (including phenoxy) is 1. The van der Waals surface area contributed by atoms with Crippen LogP contribution in [0.2, 0.25) is 0 Å². The number of carbonyl (C=O) groups excluding carboxylic acids is 2. The van der Waals surface area contributed by atoms with E-state index in [1.165, 1.54) is 11.3 Å². The van der Waals surface area contributed by atoms with E-state index < -0.39 is 0 Å². The fourth-order valence-electron chi connectivity index (χ4n) is 2.45. The Balaban J connectivity index is 1.68. The number of hydrogen-bond donors (Lipinski definition) is 3. The molecule has 2 aromatic carbocycles. The summed E-state index contributed by atoms with van der Waals surface area (Å²) in [5, 5.41) is 10.1. The van der Waals surface area contributed by atoms with Crippen molar-refractivity contribution < 1.29 is 14.3 Å². The van der Waals surface area contributed by atoms with Gasteiger partial charge in [-0.1, -0.05) is 18.2 Å². The lowest BCUT2D eigenvalue weighted by molar-refractivity contribution is 0.102. The number of thiazole rings is 1. The van der Waals surface area contributed by atoms with Crippen molar-refractivity contribution in [1.82, 2.24) is 10.3 Å². The summed E-state index contributed by atoms with van der Waals surface area (Å²) in [5.41, 5.74) is 4.11. The first-order valence-electron chi connectivity index (χ1n) is 8.71. The highest BCUT2D eigenvalue weighted by Crippen LogP contribution is 2.22. The van der Waals surface area contributed by atoms with Gasteiger partial charge in [-0.05, 0) is 37.3 Å². The number of anilines is 2. The zero-order valence-corrected chi connectivity index (χ0v) is 16.1. The molecule has 0 aliphatic rings. The van der Waals surface area contributed by atoms with E-state index in [-0.39, 0.29) is 11.9 Å². The zero-order chi connectivity index (χ0) is 19.8. The van der Waals surface area contributed by atoms with E-state index >= 15 is 0 Å². The molecule has 1 aromatic heterocycles. The Morgan fingerprint density at radius 3 is 2.61 bits per heavy atom. The maximum atomic E-state index is 12.7. The fourth-order valence-corrected chi connectivity index (χ4v) is 2.99. The van der Waals surface area contributed by atoms with E-state index in [1.807, 2.05) is 18.4 Å². The van der Waals surface area contributed by atoms with Crippen molar-refractivity contribution in [2.45, 2.75) is 13.5 Å². The number of aromatic nitrogens is 1. The Morgan fingerprint density at radius 2 is 1.86 bits per heavy atom. The Kier molecular flexibility index (Phi) is 6.59. The lowest BCUT2D eigenvalue weighted by atomic mass is 10.1. The lowest BCUT2D eigenvalue weighted by Gasteiger charge is -2.12. The Labute approximate surface area is 166 Å². The van der Waals surface area contributed by atoms with E-state index in [0.29, 0.717) is 35.8 Å². The first-order valence-corrected chi connectivity index (χ1v) is 9.65. The van der Waals surface area contributed by atoms with Gasteiger partial charge in [-0.25, -0.2) is 9.78 Å². The molecule has 0 bridgehead atoms. The van der Waals surface area contributed by atoms with Crippen molar-refractivity contribution in [2.24, 2.45) is 0 Å². The molecule has 0 spiro atoms. The SMILES string of the molecule is CCNC(=O)Nc1cccc(NC(=O)c2ccccc2OCc2cscn2)c1. The second-order valence-corrected chi connectivity index (χ2v) is 6.50. The van der Waals surface area contributed by atoms with E-state index in [4.69, 9.17) is 4.74 Å². The van der Waals surface area contributed by atoms with Gasteiger partial charge >= 0.3 is 6.03 Å². The van der Waals surface area contributed by atoms with Gasteiger partial charge in [0.05, 0.1) is 16.8 Å². The number of carbonyl (C=O) groups is 2. The first kappa shape index (κ1) is 19.4. The van der Waals surface area contributed by atoms with Crippen LogP contribution in [0.3, 0.4) is 0 Å². The molecule has 3 aromatic rings. The standard InChI is InChI=1S/C20H20N4O3S/c1-2-21-20(26)24-15-7-5-6-14(10-15)23-19(25)17-8-3-4-9-18(17)27-11-16-12-28-13-22-16/h3-10,12-13H,2,11H2,1H3,(H,23,25)(H2,21,24,26). The molecule has 28 heavy (non-hydrogen) atoms. The van der Waals surface area contributed by atoms with Crippen LogP contribution in [0, 0.1) is 0 Å². The van der Waals surface area contributed by atoms with E-state index in [2.05, 4.69) is 20.9 Å². The number of amides is 3. The smallest absolute Gasteiger partial charge is 0.319 e. The summed E-state index contributed by atoms with van der Waals surface area (Å²) < 4.78 is 5.76. The van der Waals surface area contributed by atoms with Crippen molar-refractivity contribution in [3.63, 3.8) is 0 Å². The minimum absolute atomic E-state index is 0.291. The van der Waals surface area contributed by atoms with Gasteiger partial charge in [0.15, 0.2) is 0 Å². The van der Waals surface area contributed by atoms with Gasteiger partial charge in [0, 0.05) is 23.3 Å². The maximum absolute atomic E-state index is 12.7. The van der Waals surface area contributed by atoms with E-state index in [9.17, 15) is 9.59 Å². The lowest BCUT2D eigenvalue weighted by Crippen LogP contribution is -2.28. The fraction of sp³-hybridized carbons (Fsp3) is 0.150. The number of urea groups is 1. The van der Waals surface area contributed by atoms with Crippen molar-refractivity contribution in [2.75, 3.05) is 17.2 Å². The maximum Gasteiger partial charge on any atom is 0.319 e. The molecule has 0 saturated heterocycles. The van der Waals surface area contributed by atoms with Gasteiger partial charge in [-0.15, -0.1) is 11.3 Å². The molecular formula is C20H20N4O3S. The second kappa shape index (κ2) is 9.52. The molecule has 3 rings (SSSR count). The van der Waals surface area contributed by atoms with Crippen LogP contribution in [0.4, 0.5) is 16.2 Å². The molecular weight excluding hydrogens is 376 g/mol. The number of nitrogens with zero attached hydrogens (tertiary/aromatic N) is 1. The van der Waals surface area contributed by atoms with Crippen molar-refractivity contribution in [1.29, 1.82) is 0 Å². The monoisotopic (exact) mass is 396 g/mol. The summed E-state index contributed by atoms with van der Waals surface area (Å²) in [7, 11) is 0.